The summed E-state index contributed by atoms with van der Waals surface area (Å²) in [5.41, 5.74) is 1.40. The van der Waals surface area contributed by atoms with Crippen molar-refractivity contribution in [2.24, 2.45) is 0 Å². The lowest BCUT2D eigenvalue weighted by Crippen LogP contribution is -2.25. The molecule has 0 radical (unpaired) electrons. The Bertz CT molecular complexity index is 976. The summed E-state index contributed by atoms with van der Waals surface area (Å²) >= 11 is 1.51. The Labute approximate surface area is 166 Å². The van der Waals surface area contributed by atoms with Crippen LogP contribution in [0.1, 0.15) is 20.9 Å². The molecule has 2 aromatic rings. The zero-order valence-corrected chi connectivity index (χ0v) is 16.3. The Kier molecular flexibility index (Phi) is 6.03. The maximum absolute atomic E-state index is 12.4. The number of hydrogen-bond acceptors (Lipinski definition) is 8. The minimum absolute atomic E-state index is 0.134. The van der Waals surface area contributed by atoms with Gasteiger partial charge in [0, 0.05) is 30.6 Å². The summed E-state index contributed by atoms with van der Waals surface area (Å²) in [6.45, 7) is 1.80. The molecule has 3 rings (SSSR count). The molecule has 2 heterocycles. The first kappa shape index (κ1) is 19.5. The number of amides is 1. The maximum Gasteiger partial charge on any atom is 0.339 e. The molecule has 8 nitrogen and oxygen atoms in total. The van der Waals surface area contributed by atoms with Gasteiger partial charge in [-0.05, 0) is 19.2 Å². The van der Waals surface area contributed by atoms with Gasteiger partial charge in [0.15, 0.2) is 5.13 Å². The van der Waals surface area contributed by atoms with Crippen molar-refractivity contribution in [1.82, 2.24) is 9.88 Å². The summed E-state index contributed by atoms with van der Waals surface area (Å²) in [6, 6.07) is 8.30. The normalized spacial score (nSPS) is 14.0. The smallest absolute Gasteiger partial charge is 0.339 e. The van der Waals surface area contributed by atoms with Crippen LogP contribution in [0.25, 0.3) is 0 Å². The highest BCUT2D eigenvalue weighted by Crippen LogP contribution is 2.27. The van der Waals surface area contributed by atoms with Crippen molar-refractivity contribution in [3.8, 4) is 6.07 Å². The number of benzene rings is 1. The predicted molar refractivity (Wildman–Crippen MR) is 106 cm³/mol. The van der Waals surface area contributed by atoms with Crippen LogP contribution < -0.4 is 10.6 Å². The highest BCUT2D eigenvalue weighted by molar-refractivity contribution is 7.15. The van der Waals surface area contributed by atoms with Crippen molar-refractivity contribution >= 4 is 34.0 Å². The third kappa shape index (κ3) is 4.36. The lowest BCUT2D eigenvalue weighted by molar-refractivity contribution is -0.112. The number of hydrogen-bond donors (Lipinski definition) is 2. The number of nitrogens with one attached hydrogen (secondary N) is 2. The minimum Gasteiger partial charge on any atom is -0.465 e. The van der Waals surface area contributed by atoms with Crippen molar-refractivity contribution in [3.05, 3.63) is 52.2 Å². The molecule has 9 heteroatoms. The second kappa shape index (κ2) is 8.65. The Morgan fingerprint density at radius 3 is 2.93 bits per heavy atom. The Hall–Kier alpha value is -3.22. The second-order valence-corrected chi connectivity index (χ2v) is 7.27. The molecule has 0 saturated heterocycles. The van der Waals surface area contributed by atoms with E-state index < -0.39 is 11.9 Å². The number of anilines is 2. The highest BCUT2D eigenvalue weighted by atomic mass is 32.1. The molecular weight excluding hydrogens is 378 g/mol. The number of para-hydroxylation sites is 1. The van der Waals surface area contributed by atoms with Crippen LogP contribution in [-0.2, 0) is 22.5 Å². The quantitative estimate of drug-likeness (QED) is 0.453. The molecule has 144 valence electrons. The average Bonchev–Trinajstić information content (AvgIpc) is 3.10. The summed E-state index contributed by atoms with van der Waals surface area (Å²) < 4.78 is 4.71. The lowest BCUT2D eigenvalue weighted by atomic mass is 10.1. The molecule has 0 fully saturated rings. The fourth-order valence-corrected chi connectivity index (χ4v) is 3.79. The van der Waals surface area contributed by atoms with Gasteiger partial charge in [-0.15, -0.1) is 11.3 Å². The molecule has 1 aliphatic rings. The second-order valence-electron chi connectivity index (χ2n) is 6.18. The van der Waals surface area contributed by atoms with Gasteiger partial charge in [-0.2, -0.15) is 5.26 Å². The number of methoxy groups -OCH3 is 1. The molecule has 0 atom stereocenters. The monoisotopic (exact) mass is 397 g/mol. The Morgan fingerprint density at radius 2 is 2.18 bits per heavy atom. The fraction of sp³-hybridized carbons (Fsp3) is 0.263. The van der Waals surface area contributed by atoms with E-state index in [0.29, 0.717) is 5.13 Å². The van der Waals surface area contributed by atoms with Gasteiger partial charge in [0.1, 0.15) is 11.6 Å². The molecule has 0 saturated carbocycles. The number of nitrogens with zero attached hydrogens (tertiary/aromatic N) is 3. The Balaban J connectivity index is 1.73. The molecule has 0 spiro atoms. The van der Waals surface area contributed by atoms with Crippen molar-refractivity contribution in [2.75, 3.05) is 31.3 Å². The number of likely N-dealkylation sites (N-methyl/N-ethyl adjacent to an activating group) is 1. The fourth-order valence-electron chi connectivity index (χ4n) is 2.74. The summed E-state index contributed by atoms with van der Waals surface area (Å²) in [6.07, 6.45) is 2.20. The van der Waals surface area contributed by atoms with Crippen LogP contribution in [0.5, 0.6) is 0 Å². The van der Waals surface area contributed by atoms with E-state index in [1.54, 1.807) is 18.2 Å². The molecule has 28 heavy (non-hydrogen) atoms. The molecule has 1 aliphatic heterocycles. The molecule has 0 bridgehead atoms. The first-order chi connectivity index (χ1) is 13.5. The van der Waals surface area contributed by atoms with E-state index in [4.69, 9.17) is 4.74 Å². The van der Waals surface area contributed by atoms with E-state index in [-0.39, 0.29) is 16.8 Å². The first-order valence-corrected chi connectivity index (χ1v) is 9.36. The minimum atomic E-state index is -0.632. The molecule has 0 unspecified atom stereocenters. The summed E-state index contributed by atoms with van der Waals surface area (Å²) in [7, 11) is 3.32. The SMILES string of the molecule is COC(=O)c1ccccc1NC(=O)/C(C#N)=C\Nc1nc2c(s1)CN(C)CC2. The van der Waals surface area contributed by atoms with Gasteiger partial charge in [0.05, 0.1) is 24.1 Å². The molecule has 2 N–H and O–H groups in total. The van der Waals surface area contributed by atoms with E-state index in [1.165, 1.54) is 35.6 Å². The number of carbonyl (C=O) groups excluding carboxylic acids is 2. The predicted octanol–water partition coefficient (Wildman–Crippen LogP) is 2.38. The summed E-state index contributed by atoms with van der Waals surface area (Å²) in [5, 5.41) is 15.5. The number of aromatic nitrogens is 1. The number of rotatable bonds is 5. The number of thiazole rings is 1. The lowest BCUT2D eigenvalue weighted by Gasteiger charge is -2.20. The summed E-state index contributed by atoms with van der Waals surface area (Å²) in [4.78, 5) is 32.2. The molecule has 1 aromatic carbocycles. The van der Waals surface area contributed by atoms with E-state index >= 15 is 0 Å². The van der Waals surface area contributed by atoms with Crippen LogP contribution in [0.4, 0.5) is 10.8 Å². The van der Waals surface area contributed by atoms with E-state index in [0.717, 1.165) is 25.2 Å². The van der Waals surface area contributed by atoms with Gasteiger partial charge in [-0.3, -0.25) is 4.79 Å². The van der Waals surface area contributed by atoms with Crippen molar-refractivity contribution < 1.29 is 14.3 Å². The number of fused-ring (bicyclic) bond motifs is 1. The van der Waals surface area contributed by atoms with Gasteiger partial charge in [-0.1, -0.05) is 12.1 Å². The van der Waals surface area contributed by atoms with Gasteiger partial charge >= 0.3 is 5.97 Å². The highest BCUT2D eigenvalue weighted by Gasteiger charge is 2.19. The van der Waals surface area contributed by atoms with Crippen molar-refractivity contribution in [3.63, 3.8) is 0 Å². The average molecular weight is 397 g/mol. The zero-order chi connectivity index (χ0) is 20.1. The standard InChI is InChI=1S/C19H19N5O3S/c1-24-8-7-15-16(11-24)28-19(23-15)21-10-12(9-20)17(25)22-14-6-4-3-5-13(14)18(26)27-2/h3-6,10H,7-8,11H2,1-2H3,(H,21,23)(H,22,25)/b12-10-. The maximum atomic E-state index is 12.4. The van der Waals surface area contributed by atoms with Crippen LogP contribution in [-0.4, -0.2) is 42.5 Å². The van der Waals surface area contributed by atoms with Crippen LogP contribution in [0.2, 0.25) is 0 Å². The third-order valence-corrected chi connectivity index (χ3v) is 5.22. The van der Waals surface area contributed by atoms with E-state index in [2.05, 4.69) is 27.6 Å². The van der Waals surface area contributed by atoms with E-state index in [1.807, 2.05) is 6.07 Å². The largest absolute Gasteiger partial charge is 0.465 e. The zero-order valence-electron chi connectivity index (χ0n) is 15.5. The Morgan fingerprint density at radius 1 is 1.39 bits per heavy atom. The number of nitriles is 1. The van der Waals surface area contributed by atoms with Gasteiger partial charge in [0.25, 0.3) is 5.91 Å². The van der Waals surface area contributed by atoms with Gasteiger partial charge in [-0.25, -0.2) is 9.78 Å². The van der Waals surface area contributed by atoms with Crippen LogP contribution >= 0.6 is 11.3 Å². The molecular formula is C19H19N5O3S. The summed E-state index contributed by atoms with van der Waals surface area (Å²) in [5.74, 6) is -1.21. The number of carbonyl (C=O) groups is 2. The number of esters is 1. The van der Waals surface area contributed by atoms with Crippen molar-refractivity contribution in [2.45, 2.75) is 13.0 Å². The van der Waals surface area contributed by atoms with Crippen LogP contribution in [0, 0.1) is 11.3 Å². The van der Waals surface area contributed by atoms with Gasteiger partial charge in [0.2, 0.25) is 0 Å². The number of ether oxygens (including phenoxy) is 1. The van der Waals surface area contributed by atoms with E-state index in [9.17, 15) is 14.9 Å². The third-order valence-electron chi connectivity index (χ3n) is 4.21. The van der Waals surface area contributed by atoms with Crippen molar-refractivity contribution in [1.29, 1.82) is 5.26 Å². The topological polar surface area (TPSA) is 107 Å². The van der Waals surface area contributed by atoms with Crippen LogP contribution in [0.3, 0.4) is 0 Å². The first-order valence-electron chi connectivity index (χ1n) is 8.54. The van der Waals surface area contributed by atoms with Crippen LogP contribution in [0.15, 0.2) is 36.0 Å². The molecule has 1 amide bonds. The molecule has 1 aromatic heterocycles. The van der Waals surface area contributed by atoms with Gasteiger partial charge < -0.3 is 20.3 Å². The molecule has 0 aliphatic carbocycles.